The van der Waals surface area contributed by atoms with E-state index in [2.05, 4.69) is 10.3 Å². The van der Waals surface area contributed by atoms with Crippen molar-refractivity contribution >= 4 is 28.0 Å². The van der Waals surface area contributed by atoms with Crippen LogP contribution < -0.4 is 5.32 Å². The van der Waals surface area contributed by atoms with Crippen molar-refractivity contribution in [1.82, 2.24) is 4.98 Å². The van der Waals surface area contributed by atoms with Gasteiger partial charge in [0.15, 0.2) is 5.78 Å². The number of hydrogen-bond acceptors (Lipinski definition) is 4. The van der Waals surface area contributed by atoms with Crippen molar-refractivity contribution in [2.24, 2.45) is 0 Å². The second-order valence-corrected chi connectivity index (χ2v) is 5.93. The van der Waals surface area contributed by atoms with E-state index >= 15 is 0 Å². The van der Waals surface area contributed by atoms with Crippen LogP contribution in [-0.4, -0.2) is 16.7 Å². The number of thiazole rings is 1. The van der Waals surface area contributed by atoms with Crippen molar-refractivity contribution in [3.63, 3.8) is 0 Å². The molecule has 2 aromatic rings. The summed E-state index contributed by atoms with van der Waals surface area (Å²) in [6.07, 6.45) is 1.79. The fourth-order valence-corrected chi connectivity index (χ4v) is 3.49. The highest BCUT2D eigenvalue weighted by atomic mass is 32.1. The number of fused-ring (bicyclic) bond motifs is 1. The molecule has 1 aliphatic carbocycles. The molecule has 1 heterocycles. The molecule has 1 N–H and O–H groups in total. The lowest BCUT2D eigenvalue weighted by atomic mass is 9.81. The standard InChI is InChI=1S/C16H16N2O2S/c1-2-13-16(21-9-17-13)18-15(20)12-7-8-14(19)11-6-4-3-5-10(11)12/h3-6,9,12H,2,7-8H2,1H3,(H,18,20). The minimum absolute atomic E-state index is 0.0473. The van der Waals surface area contributed by atoms with Crippen molar-refractivity contribution in [3.05, 3.63) is 46.6 Å². The Hall–Kier alpha value is -2.01. The Kier molecular flexibility index (Phi) is 3.84. The highest BCUT2D eigenvalue weighted by Gasteiger charge is 2.30. The van der Waals surface area contributed by atoms with Gasteiger partial charge in [0, 0.05) is 12.0 Å². The Bertz CT molecular complexity index is 693. The zero-order chi connectivity index (χ0) is 14.8. The molecule has 0 aliphatic heterocycles. The van der Waals surface area contributed by atoms with Gasteiger partial charge in [-0.15, -0.1) is 11.3 Å². The molecule has 0 spiro atoms. The molecule has 3 rings (SSSR count). The number of amides is 1. The summed E-state index contributed by atoms with van der Waals surface area (Å²) < 4.78 is 0. The van der Waals surface area contributed by atoms with Crippen LogP contribution in [0.3, 0.4) is 0 Å². The number of rotatable bonds is 3. The number of anilines is 1. The predicted molar refractivity (Wildman–Crippen MR) is 82.9 cm³/mol. The maximum Gasteiger partial charge on any atom is 0.232 e. The molecular formula is C16H16N2O2S. The largest absolute Gasteiger partial charge is 0.316 e. The SMILES string of the molecule is CCc1ncsc1NC(=O)C1CCC(=O)c2ccccc21. The highest BCUT2D eigenvalue weighted by molar-refractivity contribution is 7.14. The fraction of sp³-hybridized carbons (Fsp3) is 0.312. The van der Waals surface area contributed by atoms with Crippen molar-refractivity contribution in [1.29, 1.82) is 0 Å². The van der Waals surface area contributed by atoms with E-state index in [0.717, 1.165) is 22.7 Å². The minimum atomic E-state index is -0.259. The first-order valence-corrected chi connectivity index (χ1v) is 7.94. The lowest BCUT2D eigenvalue weighted by Gasteiger charge is -2.23. The molecule has 1 aromatic heterocycles. The summed E-state index contributed by atoms with van der Waals surface area (Å²) in [6, 6.07) is 7.41. The summed E-state index contributed by atoms with van der Waals surface area (Å²) in [4.78, 5) is 28.7. The van der Waals surface area contributed by atoms with Crippen LogP contribution in [0.5, 0.6) is 0 Å². The number of aryl methyl sites for hydroxylation is 1. The Labute approximate surface area is 127 Å². The molecule has 1 aliphatic rings. The second kappa shape index (κ2) is 5.77. The third-order valence-corrected chi connectivity index (χ3v) is 4.61. The number of nitrogens with one attached hydrogen (secondary N) is 1. The topological polar surface area (TPSA) is 59.1 Å². The van der Waals surface area contributed by atoms with Crippen LogP contribution >= 0.6 is 11.3 Å². The molecular weight excluding hydrogens is 284 g/mol. The Morgan fingerprint density at radius 1 is 1.43 bits per heavy atom. The van der Waals surface area contributed by atoms with Gasteiger partial charge < -0.3 is 5.32 Å². The second-order valence-electron chi connectivity index (χ2n) is 5.07. The molecule has 0 saturated carbocycles. The highest BCUT2D eigenvalue weighted by Crippen LogP contribution is 2.33. The molecule has 1 amide bonds. The molecule has 1 unspecified atom stereocenters. The summed E-state index contributed by atoms with van der Waals surface area (Å²) in [5.74, 6) is -0.179. The summed E-state index contributed by atoms with van der Waals surface area (Å²) in [5, 5.41) is 3.79. The van der Waals surface area contributed by atoms with E-state index in [-0.39, 0.29) is 17.6 Å². The molecule has 108 valence electrons. The summed E-state index contributed by atoms with van der Waals surface area (Å²) in [5.41, 5.74) is 4.18. The van der Waals surface area contributed by atoms with Crippen LogP contribution in [0.1, 0.15) is 47.3 Å². The Balaban J connectivity index is 1.86. The molecule has 0 bridgehead atoms. The molecule has 21 heavy (non-hydrogen) atoms. The zero-order valence-electron chi connectivity index (χ0n) is 11.8. The minimum Gasteiger partial charge on any atom is -0.316 e. The lowest BCUT2D eigenvalue weighted by Crippen LogP contribution is -2.26. The molecule has 0 saturated heterocycles. The van der Waals surface area contributed by atoms with Gasteiger partial charge in [-0.1, -0.05) is 31.2 Å². The zero-order valence-corrected chi connectivity index (χ0v) is 12.6. The van der Waals surface area contributed by atoms with Crippen molar-refractivity contribution in [2.45, 2.75) is 32.1 Å². The van der Waals surface area contributed by atoms with Gasteiger partial charge in [0.25, 0.3) is 0 Å². The summed E-state index contributed by atoms with van der Waals surface area (Å²) in [7, 11) is 0. The predicted octanol–water partition coefficient (Wildman–Crippen LogP) is 3.40. The Morgan fingerprint density at radius 3 is 3.05 bits per heavy atom. The maximum atomic E-state index is 12.6. The average Bonchev–Trinajstić information content (AvgIpc) is 2.95. The van der Waals surface area contributed by atoms with Crippen molar-refractivity contribution in [2.75, 3.05) is 5.32 Å². The van der Waals surface area contributed by atoms with Crippen LogP contribution in [0.15, 0.2) is 29.8 Å². The first kappa shape index (κ1) is 13.9. The van der Waals surface area contributed by atoms with E-state index < -0.39 is 0 Å². The number of Topliss-reactive ketones (excluding diaryl/α,β-unsaturated/α-hetero) is 1. The number of aromatic nitrogens is 1. The van der Waals surface area contributed by atoms with Crippen molar-refractivity contribution in [3.8, 4) is 0 Å². The fourth-order valence-electron chi connectivity index (χ4n) is 2.71. The van der Waals surface area contributed by atoms with Gasteiger partial charge in [0.05, 0.1) is 17.1 Å². The first-order valence-electron chi connectivity index (χ1n) is 7.06. The van der Waals surface area contributed by atoms with Crippen LogP contribution in [-0.2, 0) is 11.2 Å². The number of benzene rings is 1. The van der Waals surface area contributed by atoms with Gasteiger partial charge in [-0.3, -0.25) is 9.59 Å². The molecule has 0 radical (unpaired) electrons. The van der Waals surface area contributed by atoms with Gasteiger partial charge >= 0.3 is 0 Å². The summed E-state index contributed by atoms with van der Waals surface area (Å²) in [6.45, 7) is 2.01. The number of nitrogens with zero attached hydrogens (tertiary/aromatic N) is 1. The molecule has 1 aromatic carbocycles. The molecule has 5 heteroatoms. The normalized spacial score (nSPS) is 17.4. The number of hydrogen-bond donors (Lipinski definition) is 1. The van der Waals surface area contributed by atoms with Gasteiger partial charge in [0.2, 0.25) is 5.91 Å². The van der Waals surface area contributed by atoms with E-state index in [1.165, 1.54) is 11.3 Å². The van der Waals surface area contributed by atoms with E-state index in [1.54, 1.807) is 11.6 Å². The van der Waals surface area contributed by atoms with Crippen LogP contribution in [0.2, 0.25) is 0 Å². The molecule has 4 nitrogen and oxygen atoms in total. The maximum absolute atomic E-state index is 12.6. The quantitative estimate of drug-likeness (QED) is 0.945. The Morgan fingerprint density at radius 2 is 2.24 bits per heavy atom. The van der Waals surface area contributed by atoms with E-state index in [4.69, 9.17) is 0 Å². The van der Waals surface area contributed by atoms with Gasteiger partial charge in [-0.05, 0) is 18.4 Å². The van der Waals surface area contributed by atoms with Crippen LogP contribution in [0.25, 0.3) is 0 Å². The third-order valence-electron chi connectivity index (χ3n) is 3.83. The van der Waals surface area contributed by atoms with Gasteiger partial charge in [-0.2, -0.15) is 0 Å². The monoisotopic (exact) mass is 300 g/mol. The van der Waals surface area contributed by atoms with Crippen LogP contribution in [0.4, 0.5) is 5.00 Å². The summed E-state index contributed by atoms with van der Waals surface area (Å²) >= 11 is 1.44. The van der Waals surface area contributed by atoms with E-state index in [9.17, 15) is 9.59 Å². The van der Waals surface area contributed by atoms with E-state index in [1.807, 2.05) is 25.1 Å². The van der Waals surface area contributed by atoms with E-state index in [0.29, 0.717) is 18.4 Å². The van der Waals surface area contributed by atoms with Crippen molar-refractivity contribution < 1.29 is 9.59 Å². The number of ketones is 1. The number of carbonyl (C=O) groups is 2. The number of carbonyl (C=O) groups excluding carboxylic acids is 2. The van der Waals surface area contributed by atoms with Crippen LogP contribution in [0, 0.1) is 0 Å². The smallest absolute Gasteiger partial charge is 0.232 e. The van der Waals surface area contributed by atoms with Gasteiger partial charge in [-0.25, -0.2) is 4.98 Å². The molecule has 1 atom stereocenters. The average molecular weight is 300 g/mol. The first-order chi connectivity index (χ1) is 10.2. The van der Waals surface area contributed by atoms with Gasteiger partial charge in [0.1, 0.15) is 5.00 Å². The third kappa shape index (κ3) is 2.61. The molecule has 0 fully saturated rings. The lowest BCUT2D eigenvalue weighted by molar-refractivity contribution is -0.117.